The predicted octanol–water partition coefficient (Wildman–Crippen LogP) is 0.741. The van der Waals surface area contributed by atoms with E-state index in [0.29, 0.717) is 12.4 Å². The zero-order valence-electron chi connectivity index (χ0n) is 8.54. The van der Waals surface area contributed by atoms with E-state index >= 15 is 0 Å². The molecule has 1 aromatic heterocycles. The summed E-state index contributed by atoms with van der Waals surface area (Å²) in [5, 5.41) is 11.4. The molecule has 0 saturated heterocycles. The Kier molecular flexibility index (Phi) is 2.73. The van der Waals surface area contributed by atoms with E-state index in [1.54, 1.807) is 4.68 Å². The topological polar surface area (TPSA) is 69.6 Å². The summed E-state index contributed by atoms with van der Waals surface area (Å²) in [7, 11) is 0. The second-order valence-corrected chi connectivity index (χ2v) is 3.33. The molecule has 1 unspecified atom stereocenters. The Bertz CT molecular complexity index is 422. The summed E-state index contributed by atoms with van der Waals surface area (Å²) in [6.45, 7) is 2.40. The molecular weight excluding hydrogens is 190 g/mol. The lowest BCUT2D eigenvalue weighted by Crippen LogP contribution is -2.14. The maximum Gasteiger partial charge on any atom is 0.165 e. The molecule has 0 aliphatic carbocycles. The molecular formula is C10H13N5. The van der Waals surface area contributed by atoms with Gasteiger partial charge in [0, 0.05) is 0 Å². The van der Waals surface area contributed by atoms with Crippen LogP contribution in [0.5, 0.6) is 0 Å². The number of nitrogens with zero attached hydrogens (tertiary/aromatic N) is 4. The highest BCUT2D eigenvalue weighted by Gasteiger charge is 2.12. The average Bonchev–Trinajstić information content (AvgIpc) is 2.77. The quantitative estimate of drug-likeness (QED) is 0.798. The minimum atomic E-state index is 0.111. The molecule has 2 N–H and O–H groups in total. The monoisotopic (exact) mass is 203 g/mol. The third-order valence-corrected chi connectivity index (χ3v) is 2.39. The second kappa shape index (κ2) is 4.18. The lowest BCUT2D eigenvalue weighted by atomic mass is 10.1. The molecule has 0 bridgehead atoms. The molecule has 78 valence electrons. The number of aromatic nitrogens is 4. The predicted molar refractivity (Wildman–Crippen MR) is 56.0 cm³/mol. The van der Waals surface area contributed by atoms with E-state index in [-0.39, 0.29) is 6.04 Å². The van der Waals surface area contributed by atoms with Crippen molar-refractivity contribution in [1.82, 2.24) is 20.2 Å². The lowest BCUT2D eigenvalue weighted by molar-refractivity contribution is 0.521. The Labute approximate surface area is 87.9 Å². The van der Waals surface area contributed by atoms with Crippen molar-refractivity contribution in [2.75, 3.05) is 0 Å². The summed E-state index contributed by atoms with van der Waals surface area (Å²) < 4.78 is 1.75. The largest absolute Gasteiger partial charge is 0.324 e. The highest BCUT2D eigenvalue weighted by Crippen LogP contribution is 2.16. The van der Waals surface area contributed by atoms with E-state index in [0.717, 1.165) is 0 Å². The molecule has 0 aliphatic rings. The summed E-state index contributed by atoms with van der Waals surface area (Å²) in [6.07, 6.45) is 0. The van der Waals surface area contributed by atoms with Crippen LogP contribution >= 0.6 is 0 Å². The highest BCUT2D eigenvalue weighted by atomic mass is 15.5. The zero-order chi connectivity index (χ0) is 10.7. The standard InChI is InChI=1S/C10H13N5/c1-8(9-5-3-2-4-6-9)15-10(7-11)12-13-14-15/h2-6,8H,7,11H2,1H3. The zero-order valence-corrected chi connectivity index (χ0v) is 8.54. The second-order valence-electron chi connectivity index (χ2n) is 3.33. The Hall–Kier alpha value is -1.75. The van der Waals surface area contributed by atoms with E-state index in [2.05, 4.69) is 15.5 Å². The van der Waals surface area contributed by atoms with Gasteiger partial charge in [-0.2, -0.15) is 0 Å². The first-order valence-corrected chi connectivity index (χ1v) is 4.84. The third-order valence-electron chi connectivity index (χ3n) is 2.39. The van der Waals surface area contributed by atoms with E-state index < -0.39 is 0 Å². The molecule has 2 rings (SSSR count). The normalized spacial score (nSPS) is 12.7. The fourth-order valence-corrected chi connectivity index (χ4v) is 1.52. The Balaban J connectivity index is 2.32. The third kappa shape index (κ3) is 1.87. The summed E-state index contributed by atoms with van der Waals surface area (Å²) >= 11 is 0. The van der Waals surface area contributed by atoms with Gasteiger partial charge in [0.15, 0.2) is 5.82 Å². The molecule has 0 aliphatic heterocycles. The van der Waals surface area contributed by atoms with Crippen LogP contribution in [0.4, 0.5) is 0 Å². The molecule has 5 heteroatoms. The fourth-order valence-electron chi connectivity index (χ4n) is 1.52. The number of rotatable bonds is 3. The molecule has 0 saturated carbocycles. The van der Waals surface area contributed by atoms with Crippen LogP contribution in [0.2, 0.25) is 0 Å². The van der Waals surface area contributed by atoms with Gasteiger partial charge < -0.3 is 5.73 Å². The maximum atomic E-state index is 5.55. The summed E-state index contributed by atoms with van der Waals surface area (Å²) in [4.78, 5) is 0. The van der Waals surface area contributed by atoms with Crippen LogP contribution in [0.1, 0.15) is 24.4 Å². The van der Waals surface area contributed by atoms with E-state index in [1.807, 2.05) is 37.3 Å². The van der Waals surface area contributed by atoms with Crippen molar-refractivity contribution < 1.29 is 0 Å². The van der Waals surface area contributed by atoms with Gasteiger partial charge in [-0.05, 0) is 22.9 Å². The van der Waals surface area contributed by atoms with Crippen LogP contribution in [0.15, 0.2) is 30.3 Å². The van der Waals surface area contributed by atoms with Crippen LogP contribution < -0.4 is 5.73 Å². The lowest BCUT2D eigenvalue weighted by Gasteiger charge is -2.12. The molecule has 0 radical (unpaired) electrons. The minimum absolute atomic E-state index is 0.111. The van der Waals surface area contributed by atoms with Gasteiger partial charge in [0.25, 0.3) is 0 Å². The van der Waals surface area contributed by atoms with Gasteiger partial charge in [-0.1, -0.05) is 30.3 Å². The van der Waals surface area contributed by atoms with Crippen molar-refractivity contribution in [3.8, 4) is 0 Å². The van der Waals surface area contributed by atoms with Crippen LogP contribution in [-0.2, 0) is 6.54 Å². The highest BCUT2D eigenvalue weighted by molar-refractivity contribution is 5.18. The fraction of sp³-hybridized carbons (Fsp3) is 0.300. The smallest absolute Gasteiger partial charge is 0.165 e. The summed E-state index contributed by atoms with van der Waals surface area (Å²) in [6, 6.07) is 10.2. The number of hydrogen-bond acceptors (Lipinski definition) is 4. The molecule has 1 heterocycles. The minimum Gasteiger partial charge on any atom is -0.324 e. The van der Waals surface area contributed by atoms with Gasteiger partial charge in [-0.15, -0.1) is 5.10 Å². The van der Waals surface area contributed by atoms with E-state index in [9.17, 15) is 0 Å². The van der Waals surface area contributed by atoms with Crippen LogP contribution in [-0.4, -0.2) is 20.2 Å². The molecule has 2 aromatic rings. The van der Waals surface area contributed by atoms with E-state index in [1.165, 1.54) is 5.56 Å². The molecule has 0 amide bonds. The van der Waals surface area contributed by atoms with Gasteiger partial charge >= 0.3 is 0 Å². The Morgan fingerprint density at radius 1 is 1.33 bits per heavy atom. The van der Waals surface area contributed by atoms with Crippen molar-refractivity contribution in [3.63, 3.8) is 0 Å². The van der Waals surface area contributed by atoms with Crippen molar-refractivity contribution in [1.29, 1.82) is 0 Å². The van der Waals surface area contributed by atoms with Crippen LogP contribution in [0, 0.1) is 0 Å². The Morgan fingerprint density at radius 2 is 2.07 bits per heavy atom. The van der Waals surface area contributed by atoms with E-state index in [4.69, 9.17) is 5.73 Å². The SMILES string of the molecule is CC(c1ccccc1)n1nnnc1CN. The maximum absolute atomic E-state index is 5.55. The molecule has 0 spiro atoms. The van der Waals surface area contributed by atoms with Gasteiger partial charge in [-0.3, -0.25) is 0 Å². The summed E-state index contributed by atoms with van der Waals surface area (Å²) in [5.41, 5.74) is 6.71. The molecule has 15 heavy (non-hydrogen) atoms. The molecule has 1 atom stereocenters. The molecule has 5 nitrogen and oxygen atoms in total. The number of nitrogens with two attached hydrogens (primary N) is 1. The van der Waals surface area contributed by atoms with Crippen molar-refractivity contribution in [3.05, 3.63) is 41.7 Å². The first-order chi connectivity index (χ1) is 7.33. The molecule has 1 aromatic carbocycles. The van der Waals surface area contributed by atoms with Gasteiger partial charge in [0.2, 0.25) is 0 Å². The van der Waals surface area contributed by atoms with Crippen LogP contribution in [0.3, 0.4) is 0 Å². The average molecular weight is 203 g/mol. The number of tetrazole rings is 1. The Morgan fingerprint density at radius 3 is 2.73 bits per heavy atom. The van der Waals surface area contributed by atoms with Crippen molar-refractivity contribution in [2.24, 2.45) is 5.73 Å². The molecule has 0 fully saturated rings. The van der Waals surface area contributed by atoms with Crippen molar-refractivity contribution in [2.45, 2.75) is 19.5 Å². The van der Waals surface area contributed by atoms with Gasteiger partial charge in [0.1, 0.15) is 0 Å². The summed E-state index contributed by atoms with van der Waals surface area (Å²) in [5.74, 6) is 0.700. The van der Waals surface area contributed by atoms with Gasteiger partial charge in [-0.25, -0.2) is 4.68 Å². The van der Waals surface area contributed by atoms with Crippen molar-refractivity contribution >= 4 is 0 Å². The first kappa shape index (κ1) is 9.79. The number of benzene rings is 1. The number of hydrogen-bond donors (Lipinski definition) is 1. The van der Waals surface area contributed by atoms with Gasteiger partial charge in [0.05, 0.1) is 12.6 Å². The first-order valence-electron chi connectivity index (χ1n) is 4.84. The van der Waals surface area contributed by atoms with Crippen LogP contribution in [0.25, 0.3) is 0 Å².